The lowest BCUT2D eigenvalue weighted by Crippen LogP contribution is -2.31. The highest BCUT2D eigenvalue weighted by atomic mass is 32.2. The Morgan fingerprint density at radius 3 is 1.97 bits per heavy atom. The monoisotopic (exact) mass is 434 g/mol. The van der Waals surface area contributed by atoms with Crippen molar-refractivity contribution >= 4 is 27.9 Å². The molecular weight excluding hydrogens is 412 g/mol. The maximum atomic E-state index is 12.8. The van der Waals surface area contributed by atoms with Crippen molar-refractivity contribution in [2.45, 2.75) is 36.6 Å². The molecular formula is C20H22N2O7S. The van der Waals surface area contributed by atoms with E-state index < -0.39 is 52.7 Å². The van der Waals surface area contributed by atoms with Crippen LogP contribution >= 0.6 is 0 Å². The van der Waals surface area contributed by atoms with Gasteiger partial charge in [0.25, 0.3) is 0 Å². The number of nitrogens with two attached hydrogens (primary N) is 1. The fourth-order valence-electron chi connectivity index (χ4n) is 3.03. The van der Waals surface area contributed by atoms with Gasteiger partial charge in [0, 0.05) is 0 Å². The van der Waals surface area contributed by atoms with Crippen molar-refractivity contribution in [1.82, 2.24) is 4.72 Å². The van der Waals surface area contributed by atoms with Crippen molar-refractivity contribution in [3.8, 4) is 0 Å². The van der Waals surface area contributed by atoms with Crippen LogP contribution in [0.1, 0.15) is 41.5 Å². The number of primary amides is 1. The van der Waals surface area contributed by atoms with E-state index in [-0.39, 0.29) is 4.90 Å². The Bertz CT molecular complexity index is 1050. The predicted molar refractivity (Wildman–Crippen MR) is 107 cm³/mol. The summed E-state index contributed by atoms with van der Waals surface area (Å²) in [6.45, 7) is 1.63. The molecule has 0 aromatic heterocycles. The molecule has 2 aromatic rings. The molecule has 30 heavy (non-hydrogen) atoms. The molecule has 0 aliphatic carbocycles. The van der Waals surface area contributed by atoms with Gasteiger partial charge in [0.15, 0.2) is 0 Å². The minimum absolute atomic E-state index is 0.0345. The van der Waals surface area contributed by atoms with Crippen LogP contribution in [0.4, 0.5) is 0 Å². The molecule has 0 spiro atoms. The molecule has 2 atom stereocenters. The average Bonchev–Trinajstić information content (AvgIpc) is 2.65. The normalized spacial score (nSPS) is 13.4. The highest BCUT2D eigenvalue weighted by Crippen LogP contribution is 2.25. The summed E-state index contributed by atoms with van der Waals surface area (Å²) in [4.78, 5) is 33.9. The van der Waals surface area contributed by atoms with Crippen LogP contribution < -0.4 is 10.5 Å². The Balaban J connectivity index is 2.35. The van der Waals surface area contributed by atoms with E-state index in [9.17, 15) is 27.9 Å². The Hall–Kier alpha value is -3.24. The van der Waals surface area contributed by atoms with Gasteiger partial charge in [0.1, 0.15) is 0 Å². The third kappa shape index (κ3) is 5.88. The minimum Gasteiger partial charge on any atom is -0.481 e. The first-order valence-electron chi connectivity index (χ1n) is 8.92. The fourth-order valence-corrected chi connectivity index (χ4v) is 4.50. The summed E-state index contributed by atoms with van der Waals surface area (Å²) < 4.78 is 28.0. The topological polar surface area (TPSA) is 164 Å². The molecule has 160 valence electrons. The molecule has 0 bridgehead atoms. The lowest BCUT2D eigenvalue weighted by atomic mass is 9.93. The smallest absolute Gasteiger partial charge is 0.305 e. The SMILES string of the molecule is Cc1ccccc1S(=O)(=O)NC(CC(=O)O)c1ccc(C(CC(=O)O)C(N)=O)cc1. The minimum atomic E-state index is -4.00. The maximum Gasteiger partial charge on any atom is 0.305 e. The molecule has 0 saturated carbocycles. The van der Waals surface area contributed by atoms with E-state index in [2.05, 4.69) is 4.72 Å². The van der Waals surface area contributed by atoms with Crippen molar-refractivity contribution in [2.75, 3.05) is 0 Å². The Kier molecular flexibility index (Phi) is 7.30. The van der Waals surface area contributed by atoms with Crippen molar-refractivity contribution in [3.05, 3.63) is 65.2 Å². The second kappa shape index (κ2) is 9.51. The number of hydrogen-bond acceptors (Lipinski definition) is 5. The van der Waals surface area contributed by atoms with Gasteiger partial charge < -0.3 is 15.9 Å². The van der Waals surface area contributed by atoms with Gasteiger partial charge in [-0.15, -0.1) is 0 Å². The summed E-state index contributed by atoms with van der Waals surface area (Å²) in [7, 11) is -4.00. The van der Waals surface area contributed by atoms with E-state index in [4.69, 9.17) is 10.8 Å². The maximum absolute atomic E-state index is 12.8. The van der Waals surface area contributed by atoms with Gasteiger partial charge in [-0.05, 0) is 29.7 Å². The molecule has 2 aromatic carbocycles. The number of aryl methyl sites for hydroxylation is 1. The lowest BCUT2D eigenvalue weighted by Gasteiger charge is -2.19. The van der Waals surface area contributed by atoms with Crippen LogP contribution in [0.5, 0.6) is 0 Å². The van der Waals surface area contributed by atoms with Gasteiger partial charge in [-0.25, -0.2) is 13.1 Å². The van der Waals surface area contributed by atoms with Crippen LogP contribution in [0.2, 0.25) is 0 Å². The zero-order chi connectivity index (χ0) is 22.5. The standard InChI is InChI=1S/C20H22N2O7S/c1-12-4-2-3-5-17(12)30(28,29)22-16(11-19(25)26)14-8-6-13(7-9-14)15(20(21)27)10-18(23)24/h2-9,15-16,22H,10-11H2,1H3,(H2,21,27)(H,23,24)(H,25,26). The van der Waals surface area contributed by atoms with Gasteiger partial charge in [-0.1, -0.05) is 42.5 Å². The predicted octanol–water partition coefficient (Wildman–Crippen LogP) is 1.53. The summed E-state index contributed by atoms with van der Waals surface area (Å²) in [5, 5.41) is 18.2. The Morgan fingerprint density at radius 1 is 0.933 bits per heavy atom. The van der Waals surface area contributed by atoms with E-state index >= 15 is 0 Å². The first kappa shape index (κ1) is 23.0. The number of aliphatic carboxylic acids is 2. The lowest BCUT2D eigenvalue weighted by molar-refractivity contribution is -0.139. The number of carboxylic acids is 2. The first-order chi connectivity index (χ1) is 14.0. The van der Waals surface area contributed by atoms with Crippen LogP contribution in [-0.2, 0) is 24.4 Å². The number of amides is 1. The average molecular weight is 434 g/mol. The van der Waals surface area contributed by atoms with Crippen molar-refractivity contribution in [1.29, 1.82) is 0 Å². The second-order valence-electron chi connectivity index (χ2n) is 6.76. The molecule has 0 fully saturated rings. The van der Waals surface area contributed by atoms with E-state index in [1.54, 1.807) is 25.1 Å². The number of carboxylic acid groups (broad SMARTS) is 2. The zero-order valence-corrected chi connectivity index (χ0v) is 16.9. The largest absolute Gasteiger partial charge is 0.481 e. The summed E-state index contributed by atoms with van der Waals surface area (Å²) >= 11 is 0. The van der Waals surface area contributed by atoms with E-state index in [0.29, 0.717) is 16.7 Å². The molecule has 0 aliphatic heterocycles. The summed E-state index contributed by atoms with van der Waals surface area (Å²) in [6.07, 6.45) is -1.01. The first-order valence-corrected chi connectivity index (χ1v) is 10.4. The molecule has 1 amide bonds. The molecule has 5 N–H and O–H groups in total. The number of benzene rings is 2. The van der Waals surface area contributed by atoms with E-state index in [1.807, 2.05) is 0 Å². The number of carbonyl (C=O) groups is 3. The summed E-state index contributed by atoms with van der Waals surface area (Å²) in [5.74, 6) is -4.28. The van der Waals surface area contributed by atoms with Gasteiger partial charge in [0.05, 0.1) is 29.7 Å². The summed E-state index contributed by atoms with van der Waals surface area (Å²) in [6, 6.07) is 11.0. The van der Waals surface area contributed by atoms with Gasteiger partial charge >= 0.3 is 11.9 Å². The van der Waals surface area contributed by atoms with Crippen LogP contribution in [0.15, 0.2) is 53.4 Å². The zero-order valence-electron chi connectivity index (χ0n) is 16.1. The third-order valence-electron chi connectivity index (χ3n) is 4.52. The number of rotatable bonds is 10. The molecule has 9 nitrogen and oxygen atoms in total. The highest BCUT2D eigenvalue weighted by Gasteiger charge is 2.26. The molecule has 2 unspecified atom stereocenters. The molecule has 0 radical (unpaired) electrons. The van der Waals surface area contributed by atoms with E-state index in [0.717, 1.165) is 0 Å². The van der Waals surface area contributed by atoms with Gasteiger partial charge in [-0.2, -0.15) is 0 Å². The molecule has 0 aliphatic rings. The van der Waals surface area contributed by atoms with E-state index in [1.165, 1.54) is 30.3 Å². The third-order valence-corrected chi connectivity index (χ3v) is 6.15. The van der Waals surface area contributed by atoms with Crippen molar-refractivity contribution in [3.63, 3.8) is 0 Å². The highest BCUT2D eigenvalue weighted by molar-refractivity contribution is 7.89. The second-order valence-corrected chi connectivity index (χ2v) is 8.44. The van der Waals surface area contributed by atoms with Crippen LogP contribution in [0.25, 0.3) is 0 Å². The fraction of sp³-hybridized carbons (Fsp3) is 0.250. The number of hydrogen-bond donors (Lipinski definition) is 4. The van der Waals surface area contributed by atoms with Crippen LogP contribution in [0, 0.1) is 6.92 Å². The molecule has 2 rings (SSSR count). The number of carbonyl (C=O) groups excluding carboxylic acids is 1. The van der Waals surface area contributed by atoms with Crippen molar-refractivity contribution in [2.24, 2.45) is 5.73 Å². The van der Waals surface area contributed by atoms with Gasteiger partial charge in [0.2, 0.25) is 15.9 Å². The molecule has 0 heterocycles. The number of sulfonamides is 1. The molecule has 10 heteroatoms. The number of nitrogens with one attached hydrogen (secondary N) is 1. The van der Waals surface area contributed by atoms with Gasteiger partial charge in [-0.3, -0.25) is 14.4 Å². The van der Waals surface area contributed by atoms with Crippen molar-refractivity contribution < 1.29 is 33.0 Å². The Labute approximate surface area is 173 Å². The van der Waals surface area contributed by atoms with Crippen LogP contribution in [-0.4, -0.2) is 36.5 Å². The van der Waals surface area contributed by atoms with Crippen LogP contribution in [0.3, 0.4) is 0 Å². The Morgan fingerprint density at radius 2 is 1.47 bits per heavy atom. The molecule has 0 saturated heterocycles. The summed E-state index contributed by atoms with van der Waals surface area (Å²) in [5.41, 5.74) is 6.46. The quantitative estimate of drug-likeness (QED) is 0.440.